The molecule has 0 aliphatic carbocycles. The van der Waals surface area contributed by atoms with Gasteiger partial charge >= 0.3 is 0 Å². The summed E-state index contributed by atoms with van der Waals surface area (Å²) in [4.78, 5) is 35.3. The average Bonchev–Trinajstić information content (AvgIpc) is 3.49. The Morgan fingerprint density at radius 3 is 2.53 bits per heavy atom. The lowest BCUT2D eigenvalue weighted by atomic mass is 9.86. The molecule has 2 aliphatic heterocycles. The standard InChI is InChI=1S/C30H27ClN4O3/c1-16(2)34-26-25(33-27(34)20-8-6-7-9-24(20)38-5)28(36)35(23-14-17(3)10-11-18(23)4)30(26)21-13-12-19(31)15-22(21)32-29(30)37/h6-16H,1-5H3,(H,32,37). The van der Waals surface area contributed by atoms with Crippen LogP contribution in [0.2, 0.25) is 5.02 Å². The van der Waals surface area contributed by atoms with Crippen LogP contribution in [0.15, 0.2) is 60.7 Å². The third kappa shape index (κ3) is 3.11. The van der Waals surface area contributed by atoms with Crippen LogP contribution in [0.5, 0.6) is 5.75 Å². The third-order valence-corrected chi connectivity index (χ3v) is 7.65. The molecule has 1 unspecified atom stereocenters. The van der Waals surface area contributed by atoms with Crippen LogP contribution in [0.25, 0.3) is 11.4 Å². The zero-order chi connectivity index (χ0) is 26.9. The van der Waals surface area contributed by atoms with E-state index in [9.17, 15) is 9.59 Å². The Morgan fingerprint density at radius 2 is 1.79 bits per heavy atom. The highest BCUT2D eigenvalue weighted by molar-refractivity contribution is 6.31. The molecule has 1 spiro atoms. The van der Waals surface area contributed by atoms with Gasteiger partial charge in [0.2, 0.25) is 0 Å². The number of nitrogens with zero attached hydrogens (tertiary/aromatic N) is 3. The summed E-state index contributed by atoms with van der Waals surface area (Å²) >= 11 is 6.33. The first-order chi connectivity index (χ1) is 18.2. The number of benzene rings is 3. The van der Waals surface area contributed by atoms with Crippen molar-refractivity contribution in [1.29, 1.82) is 0 Å². The summed E-state index contributed by atoms with van der Waals surface area (Å²) in [5, 5.41) is 3.52. The highest BCUT2D eigenvalue weighted by atomic mass is 35.5. The molecule has 6 rings (SSSR count). The quantitative estimate of drug-likeness (QED) is 0.340. The van der Waals surface area contributed by atoms with Gasteiger partial charge in [0.15, 0.2) is 11.2 Å². The van der Waals surface area contributed by atoms with Gasteiger partial charge in [-0.3, -0.25) is 14.5 Å². The molecule has 0 bridgehead atoms. The number of carbonyl (C=O) groups is 2. The van der Waals surface area contributed by atoms with E-state index in [1.165, 1.54) is 0 Å². The molecule has 1 N–H and O–H groups in total. The molecular formula is C30H27ClN4O3. The van der Waals surface area contributed by atoms with Crippen LogP contribution < -0.4 is 15.0 Å². The van der Waals surface area contributed by atoms with E-state index in [1.54, 1.807) is 24.1 Å². The van der Waals surface area contributed by atoms with Crippen LogP contribution in [0.3, 0.4) is 0 Å². The summed E-state index contributed by atoms with van der Waals surface area (Å²) in [6, 6.07) is 18.7. The van der Waals surface area contributed by atoms with Crippen molar-refractivity contribution in [1.82, 2.24) is 9.55 Å². The van der Waals surface area contributed by atoms with Crippen molar-refractivity contribution < 1.29 is 14.3 Å². The summed E-state index contributed by atoms with van der Waals surface area (Å²) in [5.41, 5.74) is 3.83. The number of aromatic nitrogens is 2. The van der Waals surface area contributed by atoms with Gasteiger partial charge in [-0.2, -0.15) is 0 Å². The van der Waals surface area contributed by atoms with Crippen molar-refractivity contribution >= 4 is 34.8 Å². The first kappa shape index (κ1) is 24.2. The predicted octanol–water partition coefficient (Wildman–Crippen LogP) is 6.27. The smallest absolute Gasteiger partial charge is 0.280 e. The number of carbonyl (C=O) groups excluding carboxylic acids is 2. The molecule has 3 heterocycles. The number of rotatable bonds is 4. The van der Waals surface area contributed by atoms with Gasteiger partial charge in [0.05, 0.1) is 18.4 Å². The number of hydrogen-bond donors (Lipinski definition) is 1. The van der Waals surface area contributed by atoms with Gasteiger partial charge in [-0.15, -0.1) is 0 Å². The van der Waals surface area contributed by atoms with Gasteiger partial charge in [-0.25, -0.2) is 4.98 Å². The Kier molecular flexibility index (Phi) is 5.40. The fraction of sp³-hybridized carbons (Fsp3) is 0.233. The molecule has 0 saturated heterocycles. The molecule has 0 saturated carbocycles. The SMILES string of the molecule is COc1ccccc1-c1nc2c(n1C(C)C)C1(C(=O)Nc3cc(Cl)ccc31)N(c1cc(C)ccc1C)C2=O. The molecule has 192 valence electrons. The maximum atomic E-state index is 14.4. The maximum Gasteiger partial charge on any atom is 0.280 e. The summed E-state index contributed by atoms with van der Waals surface area (Å²) in [5.74, 6) is 0.554. The fourth-order valence-electron chi connectivity index (χ4n) is 5.79. The van der Waals surface area contributed by atoms with E-state index in [4.69, 9.17) is 21.3 Å². The molecule has 8 heteroatoms. The number of halogens is 1. The molecule has 0 radical (unpaired) electrons. The van der Waals surface area contributed by atoms with Gasteiger partial charge in [-0.1, -0.05) is 41.9 Å². The number of imidazole rings is 1. The number of anilines is 2. The van der Waals surface area contributed by atoms with Crippen LogP contribution in [0.4, 0.5) is 11.4 Å². The van der Waals surface area contributed by atoms with Gasteiger partial charge in [0, 0.05) is 28.0 Å². The van der Waals surface area contributed by atoms with Crippen LogP contribution >= 0.6 is 11.6 Å². The predicted molar refractivity (Wildman–Crippen MR) is 148 cm³/mol. The minimum Gasteiger partial charge on any atom is -0.496 e. The van der Waals surface area contributed by atoms with Gasteiger partial charge in [0.1, 0.15) is 11.6 Å². The number of ether oxygens (including phenoxy) is 1. The van der Waals surface area contributed by atoms with Gasteiger partial charge < -0.3 is 14.6 Å². The minimum absolute atomic E-state index is 0.126. The molecule has 2 aliphatic rings. The van der Waals surface area contributed by atoms with Crippen molar-refractivity contribution in [2.24, 2.45) is 0 Å². The highest BCUT2D eigenvalue weighted by Crippen LogP contribution is 2.55. The lowest BCUT2D eigenvalue weighted by Gasteiger charge is -2.36. The zero-order valence-electron chi connectivity index (χ0n) is 21.8. The normalized spacial score (nSPS) is 17.8. The number of nitrogens with one attached hydrogen (secondary N) is 1. The van der Waals surface area contributed by atoms with Crippen molar-refractivity contribution in [2.45, 2.75) is 39.3 Å². The minimum atomic E-state index is -1.47. The Hall–Kier alpha value is -4.10. The monoisotopic (exact) mass is 526 g/mol. The first-order valence-electron chi connectivity index (χ1n) is 12.5. The summed E-state index contributed by atoms with van der Waals surface area (Å²) in [7, 11) is 1.61. The molecule has 1 atom stereocenters. The van der Waals surface area contributed by atoms with Crippen LogP contribution in [0, 0.1) is 13.8 Å². The third-order valence-electron chi connectivity index (χ3n) is 7.41. The van der Waals surface area contributed by atoms with E-state index in [0.717, 1.165) is 16.7 Å². The zero-order valence-corrected chi connectivity index (χ0v) is 22.6. The number of aryl methyl sites for hydroxylation is 2. The summed E-state index contributed by atoms with van der Waals surface area (Å²) in [6.45, 7) is 7.96. The Balaban J connectivity index is 1.75. The molecular weight excluding hydrogens is 500 g/mol. The van der Waals surface area contributed by atoms with Crippen molar-refractivity contribution in [3.05, 3.63) is 93.8 Å². The number of hydrogen-bond acceptors (Lipinski definition) is 4. The number of methoxy groups -OCH3 is 1. The van der Waals surface area contributed by atoms with Crippen LogP contribution in [-0.2, 0) is 10.3 Å². The number of amides is 2. The average molecular weight is 527 g/mol. The van der Waals surface area contributed by atoms with Crippen molar-refractivity contribution in [3.8, 4) is 17.1 Å². The summed E-state index contributed by atoms with van der Waals surface area (Å²) in [6.07, 6.45) is 0. The van der Waals surface area contributed by atoms with Crippen LogP contribution in [-0.4, -0.2) is 28.5 Å². The molecule has 4 aromatic rings. The Bertz CT molecular complexity index is 1660. The van der Waals surface area contributed by atoms with E-state index in [0.29, 0.717) is 39.2 Å². The molecule has 7 nitrogen and oxygen atoms in total. The van der Waals surface area contributed by atoms with E-state index in [1.807, 2.05) is 80.8 Å². The molecule has 1 aromatic heterocycles. The fourth-order valence-corrected chi connectivity index (χ4v) is 5.96. The largest absolute Gasteiger partial charge is 0.496 e. The van der Waals surface area contributed by atoms with Crippen LogP contribution in [0.1, 0.15) is 52.8 Å². The Morgan fingerprint density at radius 1 is 1.03 bits per heavy atom. The molecule has 0 fully saturated rings. The van der Waals surface area contributed by atoms with E-state index in [-0.39, 0.29) is 23.6 Å². The van der Waals surface area contributed by atoms with Gasteiger partial charge in [0.25, 0.3) is 11.8 Å². The van der Waals surface area contributed by atoms with Crippen molar-refractivity contribution in [2.75, 3.05) is 17.3 Å². The lowest BCUT2D eigenvalue weighted by molar-refractivity contribution is -0.119. The first-order valence-corrected chi connectivity index (χ1v) is 12.9. The van der Waals surface area contributed by atoms with Crippen molar-refractivity contribution in [3.63, 3.8) is 0 Å². The van der Waals surface area contributed by atoms with E-state index in [2.05, 4.69) is 5.32 Å². The second-order valence-electron chi connectivity index (χ2n) is 10.1. The second-order valence-corrected chi connectivity index (χ2v) is 10.5. The molecule has 2 amide bonds. The van der Waals surface area contributed by atoms with E-state index >= 15 is 0 Å². The lowest BCUT2D eigenvalue weighted by Crippen LogP contribution is -2.51. The number of para-hydroxylation sites is 1. The molecule has 3 aromatic carbocycles. The molecule has 38 heavy (non-hydrogen) atoms. The highest BCUT2D eigenvalue weighted by Gasteiger charge is 2.64. The Labute approximate surface area is 226 Å². The maximum absolute atomic E-state index is 14.4. The van der Waals surface area contributed by atoms with Gasteiger partial charge in [-0.05, 0) is 69.2 Å². The number of fused-ring (bicyclic) bond motifs is 4. The summed E-state index contributed by atoms with van der Waals surface area (Å²) < 4.78 is 7.65. The topological polar surface area (TPSA) is 76.5 Å². The van der Waals surface area contributed by atoms with E-state index < -0.39 is 5.54 Å². The second kappa shape index (κ2) is 8.46.